The number of carbonyl (C=O) groups excluding carboxylic acids is 3. The van der Waals surface area contributed by atoms with Crippen LogP contribution in [0.1, 0.15) is 20.3 Å². The van der Waals surface area contributed by atoms with E-state index >= 15 is 0 Å². The Bertz CT molecular complexity index is 268. The van der Waals surface area contributed by atoms with Gasteiger partial charge in [-0.25, -0.2) is 4.79 Å². The van der Waals surface area contributed by atoms with E-state index in [1.165, 1.54) is 13.8 Å². The number of hydrogen-bond donors (Lipinski definition) is 4. The summed E-state index contributed by atoms with van der Waals surface area (Å²) in [6, 6.07) is -0.279. The Morgan fingerprint density at radius 3 is 1.71 bits per heavy atom. The van der Waals surface area contributed by atoms with Gasteiger partial charge in [0.25, 0.3) is 0 Å². The second kappa shape index (κ2) is 9.44. The van der Waals surface area contributed by atoms with Crippen LogP contribution in [0.4, 0.5) is 4.79 Å². The standard InChI is InChI=1S/C10H20N4O3/c1-8(15)11-4-3-5-13-10(17)14-7-6-12-9(2)16/h3-7H2,1-2H3,(H,11,15)(H,12,16)(H2,13,14,17). The van der Waals surface area contributed by atoms with E-state index in [2.05, 4.69) is 21.3 Å². The van der Waals surface area contributed by atoms with E-state index in [1.54, 1.807) is 0 Å². The molecule has 7 heteroatoms. The minimum atomic E-state index is -0.279. The summed E-state index contributed by atoms with van der Waals surface area (Å²) in [6.07, 6.45) is 0.679. The van der Waals surface area contributed by atoms with Crippen molar-refractivity contribution in [1.29, 1.82) is 0 Å². The van der Waals surface area contributed by atoms with Crippen LogP contribution in [0.2, 0.25) is 0 Å². The van der Waals surface area contributed by atoms with Gasteiger partial charge >= 0.3 is 6.03 Å². The van der Waals surface area contributed by atoms with Gasteiger partial charge in [0, 0.05) is 40.0 Å². The number of rotatable bonds is 7. The van der Waals surface area contributed by atoms with Crippen LogP contribution >= 0.6 is 0 Å². The molecule has 0 fully saturated rings. The van der Waals surface area contributed by atoms with Gasteiger partial charge < -0.3 is 21.3 Å². The highest BCUT2D eigenvalue weighted by Gasteiger charge is 1.98. The molecule has 0 bridgehead atoms. The summed E-state index contributed by atoms with van der Waals surface area (Å²) in [5, 5.41) is 10.4. The van der Waals surface area contributed by atoms with Crippen molar-refractivity contribution in [3.63, 3.8) is 0 Å². The molecule has 0 aromatic rings. The zero-order valence-corrected chi connectivity index (χ0v) is 10.3. The van der Waals surface area contributed by atoms with Crippen molar-refractivity contribution in [2.24, 2.45) is 0 Å². The Labute approximate surface area is 101 Å². The molecule has 7 nitrogen and oxygen atoms in total. The zero-order valence-electron chi connectivity index (χ0n) is 10.3. The summed E-state index contributed by atoms with van der Waals surface area (Å²) in [7, 11) is 0. The number of carbonyl (C=O) groups is 3. The van der Waals surface area contributed by atoms with Crippen molar-refractivity contribution < 1.29 is 14.4 Å². The molecule has 0 aromatic carbocycles. The smallest absolute Gasteiger partial charge is 0.314 e. The van der Waals surface area contributed by atoms with Gasteiger partial charge in [-0.2, -0.15) is 0 Å². The molecule has 4 N–H and O–H groups in total. The highest BCUT2D eigenvalue weighted by atomic mass is 16.2. The summed E-state index contributed by atoms with van der Waals surface area (Å²) in [4.78, 5) is 32.2. The van der Waals surface area contributed by atoms with Crippen molar-refractivity contribution in [2.45, 2.75) is 20.3 Å². The Balaban J connectivity index is 3.29. The molecule has 0 unspecified atom stereocenters. The molecule has 0 spiro atoms. The first kappa shape index (κ1) is 15.2. The van der Waals surface area contributed by atoms with Gasteiger partial charge in [-0.1, -0.05) is 0 Å². The van der Waals surface area contributed by atoms with Gasteiger partial charge in [0.15, 0.2) is 0 Å². The normalized spacial score (nSPS) is 9.29. The topological polar surface area (TPSA) is 99.3 Å². The second-order valence-corrected chi connectivity index (χ2v) is 3.50. The Kier molecular flexibility index (Phi) is 8.44. The monoisotopic (exact) mass is 244 g/mol. The molecule has 0 radical (unpaired) electrons. The molecule has 0 aromatic heterocycles. The molecular weight excluding hydrogens is 224 g/mol. The fraction of sp³-hybridized carbons (Fsp3) is 0.700. The van der Waals surface area contributed by atoms with Crippen molar-refractivity contribution in [2.75, 3.05) is 26.2 Å². The highest BCUT2D eigenvalue weighted by molar-refractivity contribution is 5.74. The molecular formula is C10H20N4O3. The Hall–Kier alpha value is -1.79. The minimum absolute atomic E-state index is 0.0789. The largest absolute Gasteiger partial charge is 0.356 e. The summed E-state index contributed by atoms with van der Waals surface area (Å²) in [5.74, 6) is -0.202. The van der Waals surface area contributed by atoms with Crippen LogP contribution in [0.15, 0.2) is 0 Å². The molecule has 0 aliphatic carbocycles. The molecule has 0 heterocycles. The zero-order chi connectivity index (χ0) is 13.1. The first-order chi connectivity index (χ1) is 8.02. The third-order valence-electron chi connectivity index (χ3n) is 1.80. The van der Waals surface area contributed by atoms with Crippen LogP contribution in [0.3, 0.4) is 0 Å². The molecule has 0 saturated carbocycles. The van der Waals surface area contributed by atoms with E-state index in [-0.39, 0.29) is 17.8 Å². The SMILES string of the molecule is CC(=O)NCCCNC(=O)NCCNC(C)=O. The van der Waals surface area contributed by atoms with E-state index in [9.17, 15) is 14.4 Å². The van der Waals surface area contributed by atoms with Crippen LogP contribution in [0.5, 0.6) is 0 Å². The molecule has 0 aliphatic heterocycles. The molecule has 0 saturated heterocycles. The van der Waals surface area contributed by atoms with Crippen LogP contribution in [-0.4, -0.2) is 44.0 Å². The molecule has 0 rings (SSSR count). The maximum Gasteiger partial charge on any atom is 0.314 e. The van der Waals surface area contributed by atoms with E-state index < -0.39 is 0 Å². The first-order valence-corrected chi connectivity index (χ1v) is 5.53. The quantitative estimate of drug-likeness (QED) is 0.430. The lowest BCUT2D eigenvalue weighted by atomic mass is 10.4. The van der Waals surface area contributed by atoms with Gasteiger partial charge in [-0.3, -0.25) is 9.59 Å². The molecule has 0 atom stereocenters. The van der Waals surface area contributed by atoms with Crippen molar-refractivity contribution in [3.05, 3.63) is 0 Å². The third kappa shape index (κ3) is 12.1. The number of amides is 4. The molecule has 98 valence electrons. The van der Waals surface area contributed by atoms with Crippen molar-refractivity contribution in [3.8, 4) is 0 Å². The number of hydrogen-bond acceptors (Lipinski definition) is 3. The predicted molar refractivity (Wildman–Crippen MR) is 63.4 cm³/mol. The lowest BCUT2D eigenvalue weighted by Crippen LogP contribution is -2.40. The summed E-state index contributed by atoms with van der Waals surface area (Å²) in [5.41, 5.74) is 0. The fourth-order valence-electron chi connectivity index (χ4n) is 1.03. The van der Waals surface area contributed by atoms with Crippen LogP contribution in [0.25, 0.3) is 0 Å². The third-order valence-corrected chi connectivity index (χ3v) is 1.80. The van der Waals surface area contributed by atoms with E-state index in [4.69, 9.17) is 0 Å². The van der Waals surface area contributed by atoms with E-state index in [0.717, 1.165) is 0 Å². The van der Waals surface area contributed by atoms with Crippen LogP contribution in [0, 0.1) is 0 Å². The molecule has 4 amide bonds. The van der Waals surface area contributed by atoms with E-state index in [0.29, 0.717) is 32.6 Å². The van der Waals surface area contributed by atoms with E-state index in [1.807, 2.05) is 0 Å². The van der Waals surface area contributed by atoms with Gasteiger partial charge in [0.2, 0.25) is 11.8 Å². The average molecular weight is 244 g/mol. The maximum absolute atomic E-state index is 11.2. The second-order valence-electron chi connectivity index (χ2n) is 3.50. The van der Waals surface area contributed by atoms with Gasteiger partial charge in [-0.15, -0.1) is 0 Å². The Morgan fingerprint density at radius 2 is 1.12 bits per heavy atom. The first-order valence-electron chi connectivity index (χ1n) is 5.53. The lowest BCUT2D eigenvalue weighted by Gasteiger charge is -2.07. The summed E-state index contributed by atoms with van der Waals surface area (Å²) in [6.45, 7) is 4.70. The number of urea groups is 1. The van der Waals surface area contributed by atoms with Gasteiger partial charge in [0.1, 0.15) is 0 Å². The van der Waals surface area contributed by atoms with Crippen molar-refractivity contribution in [1.82, 2.24) is 21.3 Å². The van der Waals surface area contributed by atoms with Gasteiger partial charge in [-0.05, 0) is 6.42 Å². The van der Waals surface area contributed by atoms with Gasteiger partial charge in [0.05, 0.1) is 0 Å². The summed E-state index contributed by atoms with van der Waals surface area (Å²) >= 11 is 0. The maximum atomic E-state index is 11.2. The molecule has 17 heavy (non-hydrogen) atoms. The number of nitrogens with one attached hydrogen (secondary N) is 4. The lowest BCUT2D eigenvalue weighted by molar-refractivity contribution is -0.119. The van der Waals surface area contributed by atoms with Crippen LogP contribution < -0.4 is 21.3 Å². The fourth-order valence-corrected chi connectivity index (χ4v) is 1.03. The predicted octanol–water partition coefficient (Wildman–Crippen LogP) is -1.05. The Morgan fingerprint density at radius 1 is 0.706 bits per heavy atom. The minimum Gasteiger partial charge on any atom is -0.356 e. The molecule has 0 aliphatic rings. The highest BCUT2D eigenvalue weighted by Crippen LogP contribution is 1.74. The summed E-state index contributed by atoms with van der Waals surface area (Å²) < 4.78 is 0. The average Bonchev–Trinajstić information content (AvgIpc) is 2.23. The van der Waals surface area contributed by atoms with Crippen molar-refractivity contribution >= 4 is 17.8 Å². The van der Waals surface area contributed by atoms with Crippen LogP contribution in [-0.2, 0) is 9.59 Å².